The lowest BCUT2D eigenvalue weighted by atomic mass is 10.1. The highest BCUT2D eigenvalue weighted by Gasteiger charge is 2.06. The van der Waals surface area contributed by atoms with Crippen molar-refractivity contribution in [2.45, 2.75) is 33.6 Å². The molecule has 1 rings (SSSR count). The van der Waals surface area contributed by atoms with E-state index in [0.29, 0.717) is 0 Å². The topological polar surface area (TPSA) is 0 Å². The summed E-state index contributed by atoms with van der Waals surface area (Å²) in [6, 6.07) is 0. The van der Waals surface area contributed by atoms with Gasteiger partial charge >= 0.3 is 0 Å². The van der Waals surface area contributed by atoms with E-state index in [-0.39, 0.29) is 0 Å². The van der Waals surface area contributed by atoms with Gasteiger partial charge in [0.25, 0.3) is 0 Å². The first-order valence-electron chi connectivity index (χ1n) is 4.21. The van der Waals surface area contributed by atoms with Crippen LogP contribution in [-0.4, -0.2) is 0 Å². The fraction of sp³-hybridized carbons (Fsp3) is 0.455. The minimum absolute atomic E-state index is 1.11. The van der Waals surface area contributed by atoms with Crippen molar-refractivity contribution in [1.29, 1.82) is 0 Å². The molecule has 11 heavy (non-hydrogen) atoms. The maximum Gasteiger partial charge on any atom is -0.00980 e. The average molecular weight is 148 g/mol. The van der Waals surface area contributed by atoms with Gasteiger partial charge in [0, 0.05) is 0 Å². The van der Waals surface area contributed by atoms with Crippen LogP contribution in [-0.2, 0) is 0 Å². The molecule has 0 aromatic rings. The monoisotopic (exact) mass is 148 g/mol. The van der Waals surface area contributed by atoms with E-state index in [1.165, 1.54) is 17.6 Å². The lowest BCUT2D eigenvalue weighted by molar-refractivity contribution is 1.12. The summed E-state index contributed by atoms with van der Waals surface area (Å²) in [5.41, 5.74) is 4.56. The van der Waals surface area contributed by atoms with Crippen LogP contribution in [0.2, 0.25) is 0 Å². The lowest BCUT2D eigenvalue weighted by Crippen LogP contribution is -1.76. The second-order valence-electron chi connectivity index (χ2n) is 3.25. The molecule has 0 N–H and O–H groups in total. The molecule has 0 unspecified atom stereocenters. The summed E-state index contributed by atoms with van der Waals surface area (Å²) in [5, 5.41) is 0. The van der Waals surface area contributed by atoms with Crippen molar-refractivity contribution in [1.82, 2.24) is 0 Å². The quantitative estimate of drug-likeness (QED) is 0.525. The van der Waals surface area contributed by atoms with Gasteiger partial charge in [-0.1, -0.05) is 29.4 Å². The molecule has 0 aromatic heterocycles. The summed E-state index contributed by atoms with van der Waals surface area (Å²) >= 11 is 0. The Bertz CT molecular complexity index is 226. The van der Waals surface area contributed by atoms with Crippen molar-refractivity contribution < 1.29 is 0 Å². The second-order valence-corrected chi connectivity index (χ2v) is 3.25. The third kappa shape index (κ3) is 2.07. The fourth-order valence-electron chi connectivity index (χ4n) is 1.48. The predicted molar refractivity (Wildman–Crippen MR) is 50.5 cm³/mol. The van der Waals surface area contributed by atoms with E-state index in [1.54, 1.807) is 5.57 Å². The third-order valence-electron chi connectivity index (χ3n) is 2.09. The summed E-state index contributed by atoms with van der Waals surface area (Å²) < 4.78 is 0. The molecule has 0 aliphatic heterocycles. The number of rotatable bonds is 2. The van der Waals surface area contributed by atoms with Crippen LogP contribution in [0.4, 0.5) is 0 Å². The van der Waals surface area contributed by atoms with Crippen LogP contribution < -0.4 is 0 Å². The van der Waals surface area contributed by atoms with Crippen LogP contribution in [0, 0.1) is 0 Å². The van der Waals surface area contributed by atoms with Gasteiger partial charge in [-0.15, -0.1) is 0 Å². The summed E-state index contributed by atoms with van der Waals surface area (Å²) in [5.74, 6) is 0. The molecule has 0 spiro atoms. The standard InChI is InChI=1S/C11H16/c1-4-5-6-11-8-9(2)7-10(11)3/h4-5,8H,6-7H2,1-3H3. The lowest BCUT2D eigenvalue weighted by Gasteiger charge is -1.95. The molecule has 0 saturated carbocycles. The molecule has 0 aromatic carbocycles. The molecule has 0 fully saturated rings. The van der Waals surface area contributed by atoms with E-state index in [1.807, 2.05) is 0 Å². The van der Waals surface area contributed by atoms with Gasteiger partial charge in [-0.3, -0.25) is 0 Å². The first-order chi connectivity index (χ1) is 5.24. The minimum Gasteiger partial charge on any atom is -0.0913 e. The Labute approximate surface area is 69.3 Å². The molecule has 0 heteroatoms. The Balaban J connectivity index is 2.62. The minimum atomic E-state index is 1.11. The Hall–Kier alpha value is -0.780. The van der Waals surface area contributed by atoms with E-state index < -0.39 is 0 Å². The molecule has 0 nitrogen and oxygen atoms in total. The highest BCUT2D eigenvalue weighted by atomic mass is 14.1. The molecule has 0 heterocycles. The molecule has 1 aliphatic carbocycles. The zero-order chi connectivity index (χ0) is 8.27. The van der Waals surface area contributed by atoms with Crippen LogP contribution in [0.1, 0.15) is 33.6 Å². The number of hydrogen-bond acceptors (Lipinski definition) is 0. The average Bonchev–Trinajstić information content (AvgIpc) is 2.26. The van der Waals surface area contributed by atoms with Crippen molar-refractivity contribution in [2.24, 2.45) is 0 Å². The van der Waals surface area contributed by atoms with Gasteiger partial charge in [0.1, 0.15) is 0 Å². The molecule has 0 radical (unpaired) electrons. The van der Waals surface area contributed by atoms with Crippen molar-refractivity contribution in [3.05, 3.63) is 34.9 Å². The van der Waals surface area contributed by atoms with Gasteiger partial charge in [0.15, 0.2) is 0 Å². The Kier molecular flexibility index (Phi) is 2.70. The summed E-state index contributed by atoms with van der Waals surface area (Å²) in [6.45, 7) is 6.50. The molecule has 0 saturated heterocycles. The highest BCUT2D eigenvalue weighted by molar-refractivity contribution is 5.38. The molecule has 0 amide bonds. The van der Waals surface area contributed by atoms with E-state index >= 15 is 0 Å². The van der Waals surface area contributed by atoms with Crippen molar-refractivity contribution >= 4 is 0 Å². The van der Waals surface area contributed by atoms with Crippen molar-refractivity contribution in [2.75, 3.05) is 0 Å². The van der Waals surface area contributed by atoms with Crippen LogP contribution in [0.25, 0.3) is 0 Å². The largest absolute Gasteiger partial charge is 0.0913 e. The maximum absolute atomic E-state index is 2.31. The molecular weight excluding hydrogens is 132 g/mol. The SMILES string of the molecule is CC=CCC1=C(C)CC(C)=C1. The van der Waals surface area contributed by atoms with Gasteiger partial charge in [-0.05, 0) is 39.2 Å². The van der Waals surface area contributed by atoms with E-state index in [9.17, 15) is 0 Å². The van der Waals surface area contributed by atoms with Gasteiger partial charge in [0.05, 0.1) is 0 Å². The van der Waals surface area contributed by atoms with Gasteiger partial charge in [-0.25, -0.2) is 0 Å². The Morgan fingerprint density at radius 1 is 1.45 bits per heavy atom. The molecule has 0 atom stereocenters. The van der Waals surface area contributed by atoms with Crippen LogP contribution in [0.15, 0.2) is 34.9 Å². The molecular formula is C11H16. The maximum atomic E-state index is 2.31. The highest BCUT2D eigenvalue weighted by Crippen LogP contribution is 2.26. The summed E-state index contributed by atoms with van der Waals surface area (Å²) in [4.78, 5) is 0. The Morgan fingerprint density at radius 2 is 2.18 bits per heavy atom. The zero-order valence-corrected chi connectivity index (χ0v) is 7.65. The number of allylic oxidation sites excluding steroid dienone is 6. The fourth-order valence-corrected chi connectivity index (χ4v) is 1.48. The molecule has 0 bridgehead atoms. The first kappa shape index (κ1) is 8.32. The Morgan fingerprint density at radius 3 is 2.64 bits per heavy atom. The smallest absolute Gasteiger partial charge is 0.00980 e. The third-order valence-corrected chi connectivity index (χ3v) is 2.09. The summed E-state index contributed by atoms with van der Waals surface area (Å²) in [6.07, 6.45) is 8.94. The van der Waals surface area contributed by atoms with Gasteiger partial charge in [0.2, 0.25) is 0 Å². The second kappa shape index (κ2) is 3.56. The van der Waals surface area contributed by atoms with Crippen LogP contribution in [0.5, 0.6) is 0 Å². The van der Waals surface area contributed by atoms with Gasteiger partial charge < -0.3 is 0 Å². The number of hydrogen-bond donors (Lipinski definition) is 0. The predicted octanol–water partition coefficient (Wildman–Crippen LogP) is 3.62. The molecule has 60 valence electrons. The van der Waals surface area contributed by atoms with Crippen LogP contribution >= 0.6 is 0 Å². The van der Waals surface area contributed by atoms with Crippen molar-refractivity contribution in [3.63, 3.8) is 0 Å². The van der Waals surface area contributed by atoms with E-state index in [2.05, 4.69) is 39.0 Å². The normalized spacial score (nSPS) is 18.3. The van der Waals surface area contributed by atoms with Crippen LogP contribution in [0.3, 0.4) is 0 Å². The zero-order valence-electron chi connectivity index (χ0n) is 7.65. The van der Waals surface area contributed by atoms with Crippen molar-refractivity contribution in [3.8, 4) is 0 Å². The van der Waals surface area contributed by atoms with Gasteiger partial charge in [-0.2, -0.15) is 0 Å². The van der Waals surface area contributed by atoms with E-state index in [4.69, 9.17) is 0 Å². The van der Waals surface area contributed by atoms with E-state index in [0.717, 1.165) is 6.42 Å². The first-order valence-corrected chi connectivity index (χ1v) is 4.21. The summed E-state index contributed by atoms with van der Waals surface area (Å²) in [7, 11) is 0. The molecule has 1 aliphatic rings.